The van der Waals surface area contributed by atoms with Crippen molar-refractivity contribution in [3.05, 3.63) is 77.9 Å². The van der Waals surface area contributed by atoms with E-state index < -0.39 is 0 Å². The minimum atomic E-state index is -0.256. The van der Waals surface area contributed by atoms with E-state index in [1.807, 2.05) is 12.4 Å². The van der Waals surface area contributed by atoms with E-state index in [0.29, 0.717) is 18.9 Å². The molecule has 0 saturated carbocycles. The van der Waals surface area contributed by atoms with Gasteiger partial charge in [0.1, 0.15) is 5.82 Å². The molecule has 3 aromatic rings. The number of nitrogens with zero attached hydrogens (tertiary/aromatic N) is 2. The second-order valence-corrected chi connectivity index (χ2v) is 8.18. The molecule has 1 aliphatic rings. The molecule has 1 fully saturated rings. The summed E-state index contributed by atoms with van der Waals surface area (Å²) < 4.78 is 12.9. The number of hydrogen-bond donors (Lipinski definition) is 1. The van der Waals surface area contributed by atoms with Crippen molar-refractivity contribution in [2.45, 2.75) is 38.8 Å². The first kappa shape index (κ1) is 20.5. The van der Waals surface area contributed by atoms with Gasteiger partial charge in [0.2, 0.25) is 5.91 Å². The molecular weight excluding hydrogens is 377 g/mol. The van der Waals surface area contributed by atoms with Gasteiger partial charge in [-0.2, -0.15) is 0 Å². The van der Waals surface area contributed by atoms with Crippen LogP contribution in [0.3, 0.4) is 0 Å². The number of carbonyl (C=O) groups excluding carboxylic acids is 1. The maximum atomic E-state index is 12.9. The van der Waals surface area contributed by atoms with E-state index in [1.54, 1.807) is 12.1 Å². The van der Waals surface area contributed by atoms with E-state index >= 15 is 0 Å². The first-order valence-corrected chi connectivity index (χ1v) is 10.7. The Morgan fingerprint density at radius 2 is 1.90 bits per heavy atom. The minimum absolute atomic E-state index is 0.0751. The average Bonchev–Trinajstić information content (AvgIpc) is 2.78. The van der Waals surface area contributed by atoms with Crippen LogP contribution < -0.4 is 5.32 Å². The largest absolute Gasteiger partial charge is 0.352 e. The molecule has 0 bridgehead atoms. The molecule has 2 aromatic carbocycles. The highest BCUT2D eigenvalue weighted by molar-refractivity contribution is 5.84. The van der Waals surface area contributed by atoms with Crippen LogP contribution >= 0.6 is 0 Å². The summed E-state index contributed by atoms with van der Waals surface area (Å²) in [6.45, 7) is 3.57. The fraction of sp³-hybridized carbons (Fsp3) is 0.360. The Hall–Kier alpha value is -2.79. The number of nitrogens with one attached hydrogen (secondary N) is 1. The van der Waals surface area contributed by atoms with Gasteiger partial charge in [-0.25, -0.2) is 4.39 Å². The molecule has 4 nitrogen and oxygen atoms in total. The van der Waals surface area contributed by atoms with Crippen molar-refractivity contribution >= 4 is 16.7 Å². The molecule has 4 rings (SSSR count). The fourth-order valence-electron chi connectivity index (χ4n) is 4.23. The highest BCUT2D eigenvalue weighted by Gasteiger charge is 2.20. The predicted molar refractivity (Wildman–Crippen MR) is 117 cm³/mol. The SMILES string of the molecule is O=C(CCC1CCN(Cc2cccc3cnccc23)CC1)NCc1ccc(F)cc1. The van der Waals surface area contributed by atoms with Crippen molar-refractivity contribution in [2.75, 3.05) is 13.1 Å². The monoisotopic (exact) mass is 405 g/mol. The summed E-state index contributed by atoms with van der Waals surface area (Å²) in [6.07, 6.45) is 7.55. The summed E-state index contributed by atoms with van der Waals surface area (Å²) in [6, 6.07) is 14.8. The van der Waals surface area contributed by atoms with Crippen LogP contribution in [0.2, 0.25) is 0 Å². The van der Waals surface area contributed by atoms with E-state index in [-0.39, 0.29) is 11.7 Å². The summed E-state index contributed by atoms with van der Waals surface area (Å²) in [7, 11) is 0. The molecule has 156 valence electrons. The number of carbonyl (C=O) groups is 1. The van der Waals surface area contributed by atoms with Crippen molar-refractivity contribution in [3.63, 3.8) is 0 Å². The number of halogens is 1. The van der Waals surface area contributed by atoms with Crippen LogP contribution in [0.1, 0.15) is 36.8 Å². The van der Waals surface area contributed by atoms with Crippen LogP contribution in [0.4, 0.5) is 4.39 Å². The van der Waals surface area contributed by atoms with Crippen molar-refractivity contribution < 1.29 is 9.18 Å². The van der Waals surface area contributed by atoms with Gasteiger partial charge in [0, 0.05) is 37.3 Å². The summed E-state index contributed by atoms with van der Waals surface area (Å²) in [5.74, 6) is 0.425. The molecule has 1 saturated heterocycles. The van der Waals surface area contributed by atoms with Gasteiger partial charge in [-0.05, 0) is 73.0 Å². The van der Waals surface area contributed by atoms with Gasteiger partial charge in [0.25, 0.3) is 0 Å². The number of pyridine rings is 1. The van der Waals surface area contributed by atoms with E-state index in [0.717, 1.165) is 44.5 Å². The number of piperidine rings is 1. The maximum Gasteiger partial charge on any atom is 0.220 e. The zero-order valence-corrected chi connectivity index (χ0v) is 17.2. The summed E-state index contributed by atoms with van der Waals surface area (Å²) in [5.41, 5.74) is 2.27. The van der Waals surface area contributed by atoms with Crippen LogP contribution in [0.15, 0.2) is 60.9 Å². The van der Waals surface area contributed by atoms with Crippen molar-refractivity contribution in [2.24, 2.45) is 5.92 Å². The molecular formula is C25H28FN3O. The number of likely N-dealkylation sites (tertiary alicyclic amines) is 1. The van der Waals surface area contributed by atoms with Crippen LogP contribution in [-0.2, 0) is 17.9 Å². The molecule has 0 unspecified atom stereocenters. The first-order valence-electron chi connectivity index (χ1n) is 10.7. The standard InChI is InChI=1S/C25H28FN3O/c26-23-7-4-20(5-8-23)16-28-25(30)9-6-19-11-14-29(15-12-19)18-22-3-1-2-21-17-27-13-10-24(21)22/h1-5,7-8,10,13,17,19H,6,9,11-12,14-16,18H2,(H,28,30). The lowest BCUT2D eigenvalue weighted by atomic mass is 9.91. The zero-order valence-electron chi connectivity index (χ0n) is 17.2. The second-order valence-electron chi connectivity index (χ2n) is 8.18. The third-order valence-electron chi connectivity index (χ3n) is 6.05. The van der Waals surface area contributed by atoms with E-state index in [2.05, 4.69) is 39.5 Å². The third kappa shape index (κ3) is 5.42. The van der Waals surface area contributed by atoms with Gasteiger partial charge in [-0.3, -0.25) is 14.7 Å². The van der Waals surface area contributed by atoms with Gasteiger partial charge in [0.05, 0.1) is 0 Å². The number of rotatable bonds is 7. The molecule has 0 atom stereocenters. The van der Waals surface area contributed by atoms with Gasteiger partial charge < -0.3 is 5.32 Å². The van der Waals surface area contributed by atoms with E-state index in [1.165, 1.54) is 28.5 Å². The fourth-order valence-corrected chi connectivity index (χ4v) is 4.23. The first-order chi connectivity index (χ1) is 14.7. The van der Waals surface area contributed by atoms with Crippen LogP contribution in [0, 0.1) is 11.7 Å². The van der Waals surface area contributed by atoms with Crippen molar-refractivity contribution in [1.82, 2.24) is 15.2 Å². The average molecular weight is 406 g/mol. The number of benzene rings is 2. The molecule has 1 N–H and O–H groups in total. The van der Waals surface area contributed by atoms with E-state index in [9.17, 15) is 9.18 Å². The number of amides is 1. The summed E-state index contributed by atoms with van der Waals surface area (Å²) in [5, 5.41) is 5.42. The predicted octanol–water partition coefficient (Wildman–Crippen LogP) is 4.68. The molecule has 30 heavy (non-hydrogen) atoms. The van der Waals surface area contributed by atoms with Crippen LogP contribution in [-0.4, -0.2) is 28.9 Å². The molecule has 0 aliphatic carbocycles. The Morgan fingerprint density at radius 3 is 2.70 bits per heavy atom. The molecule has 2 heterocycles. The Morgan fingerprint density at radius 1 is 1.10 bits per heavy atom. The smallest absolute Gasteiger partial charge is 0.220 e. The van der Waals surface area contributed by atoms with Gasteiger partial charge in [-0.1, -0.05) is 30.3 Å². The number of aromatic nitrogens is 1. The lowest BCUT2D eigenvalue weighted by Gasteiger charge is -2.32. The second kappa shape index (κ2) is 9.81. The van der Waals surface area contributed by atoms with Gasteiger partial charge >= 0.3 is 0 Å². The minimum Gasteiger partial charge on any atom is -0.352 e. The maximum absolute atomic E-state index is 12.9. The number of fused-ring (bicyclic) bond motifs is 1. The highest BCUT2D eigenvalue weighted by atomic mass is 19.1. The molecule has 0 spiro atoms. The lowest BCUT2D eigenvalue weighted by Crippen LogP contribution is -2.33. The Kier molecular flexibility index (Phi) is 6.70. The molecule has 1 aliphatic heterocycles. The number of hydrogen-bond acceptors (Lipinski definition) is 3. The quantitative estimate of drug-likeness (QED) is 0.621. The Labute approximate surface area is 177 Å². The molecule has 5 heteroatoms. The summed E-state index contributed by atoms with van der Waals surface area (Å²) >= 11 is 0. The van der Waals surface area contributed by atoms with Gasteiger partial charge in [-0.15, -0.1) is 0 Å². The van der Waals surface area contributed by atoms with Crippen molar-refractivity contribution in [3.8, 4) is 0 Å². The van der Waals surface area contributed by atoms with Crippen molar-refractivity contribution in [1.29, 1.82) is 0 Å². The van der Waals surface area contributed by atoms with Crippen LogP contribution in [0.25, 0.3) is 10.8 Å². The van der Waals surface area contributed by atoms with Crippen LogP contribution in [0.5, 0.6) is 0 Å². The Balaban J connectivity index is 1.19. The van der Waals surface area contributed by atoms with Gasteiger partial charge in [0.15, 0.2) is 0 Å². The Bertz CT molecular complexity index is 976. The summed E-state index contributed by atoms with van der Waals surface area (Å²) in [4.78, 5) is 18.9. The zero-order chi connectivity index (χ0) is 20.8. The lowest BCUT2D eigenvalue weighted by molar-refractivity contribution is -0.121. The normalized spacial score (nSPS) is 15.4. The third-order valence-corrected chi connectivity index (χ3v) is 6.05. The highest BCUT2D eigenvalue weighted by Crippen LogP contribution is 2.25. The molecule has 1 amide bonds. The topological polar surface area (TPSA) is 45.2 Å². The molecule has 0 radical (unpaired) electrons. The molecule has 1 aromatic heterocycles. The van der Waals surface area contributed by atoms with E-state index in [4.69, 9.17) is 0 Å².